The van der Waals surface area contributed by atoms with Crippen molar-refractivity contribution < 1.29 is 13.2 Å². The van der Waals surface area contributed by atoms with Crippen LogP contribution in [0, 0.1) is 12.3 Å². The van der Waals surface area contributed by atoms with Crippen LogP contribution in [0.3, 0.4) is 0 Å². The van der Waals surface area contributed by atoms with Crippen LogP contribution in [0.25, 0.3) is 0 Å². The van der Waals surface area contributed by atoms with Crippen molar-refractivity contribution in [1.82, 2.24) is 10.6 Å². The highest BCUT2D eigenvalue weighted by atomic mass is 32.2. The van der Waals surface area contributed by atoms with Gasteiger partial charge in [-0.05, 0) is 6.92 Å². The molecule has 2 N–H and O–H groups in total. The van der Waals surface area contributed by atoms with Gasteiger partial charge in [0.15, 0.2) is 9.84 Å². The fourth-order valence-electron chi connectivity index (χ4n) is 1.56. The molecule has 0 spiro atoms. The van der Waals surface area contributed by atoms with E-state index in [0.717, 1.165) is 0 Å². The van der Waals surface area contributed by atoms with Crippen molar-refractivity contribution in [1.29, 1.82) is 0 Å². The first-order valence-corrected chi connectivity index (χ1v) is 6.94. The molecular weight excluding hydrogens is 228 g/mol. The maximum Gasteiger partial charge on any atom is 0.222 e. The summed E-state index contributed by atoms with van der Waals surface area (Å²) in [4.78, 5) is 11.5. The molecule has 2 atom stereocenters. The van der Waals surface area contributed by atoms with Crippen molar-refractivity contribution in [3.8, 4) is 12.3 Å². The molecule has 1 fully saturated rings. The van der Waals surface area contributed by atoms with E-state index in [4.69, 9.17) is 6.42 Å². The molecule has 0 aromatic rings. The Morgan fingerprint density at radius 3 is 2.94 bits per heavy atom. The first-order chi connectivity index (χ1) is 7.43. The van der Waals surface area contributed by atoms with Crippen LogP contribution in [0.5, 0.6) is 0 Å². The van der Waals surface area contributed by atoms with E-state index >= 15 is 0 Å². The summed E-state index contributed by atoms with van der Waals surface area (Å²) in [6.07, 6.45) is 5.26. The third-order valence-electron chi connectivity index (χ3n) is 2.36. The zero-order chi connectivity index (χ0) is 12.2. The van der Waals surface area contributed by atoms with E-state index in [1.54, 1.807) is 6.92 Å². The van der Waals surface area contributed by atoms with Crippen LogP contribution in [0.4, 0.5) is 0 Å². The molecule has 1 aliphatic rings. The van der Waals surface area contributed by atoms with E-state index in [0.29, 0.717) is 6.54 Å². The van der Waals surface area contributed by atoms with Gasteiger partial charge in [0.2, 0.25) is 5.91 Å². The molecule has 0 aromatic carbocycles. The van der Waals surface area contributed by atoms with E-state index in [1.807, 2.05) is 0 Å². The van der Waals surface area contributed by atoms with Crippen molar-refractivity contribution in [2.75, 3.05) is 18.1 Å². The van der Waals surface area contributed by atoms with Crippen molar-refractivity contribution in [2.24, 2.45) is 0 Å². The summed E-state index contributed by atoms with van der Waals surface area (Å²) in [5.41, 5.74) is 0. The summed E-state index contributed by atoms with van der Waals surface area (Å²) in [5.74, 6) is 2.32. The number of rotatable bonds is 3. The molecule has 90 valence electrons. The fraction of sp³-hybridized carbons (Fsp3) is 0.700. The summed E-state index contributed by atoms with van der Waals surface area (Å²) >= 11 is 0. The Hall–Kier alpha value is -1.06. The first-order valence-electron chi connectivity index (χ1n) is 5.12. The van der Waals surface area contributed by atoms with Gasteiger partial charge >= 0.3 is 0 Å². The van der Waals surface area contributed by atoms with Crippen LogP contribution >= 0.6 is 0 Å². The van der Waals surface area contributed by atoms with Crippen LogP contribution in [-0.4, -0.2) is 44.5 Å². The van der Waals surface area contributed by atoms with E-state index < -0.39 is 9.84 Å². The van der Waals surface area contributed by atoms with Gasteiger partial charge in [-0.3, -0.25) is 4.79 Å². The summed E-state index contributed by atoms with van der Waals surface area (Å²) < 4.78 is 22.6. The number of terminal acetylenes is 1. The van der Waals surface area contributed by atoms with Crippen molar-refractivity contribution >= 4 is 15.7 Å². The lowest BCUT2D eigenvalue weighted by molar-refractivity contribution is -0.121. The summed E-state index contributed by atoms with van der Waals surface area (Å²) in [5, 5.41) is 5.60. The number of sulfone groups is 1. The minimum absolute atomic E-state index is 0.0187. The quantitative estimate of drug-likeness (QED) is 0.618. The number of carbonyl (C=O) groups is 1. The van der Waals surface area contributed by atoms with E-state index in [-0.39, 0.29) is 35.9 Å². The van der Waals surface area contributed by atoms with Gasteiger partial charge in [-0.2, -0.15) is 0 Å². The monoisotopic (exact) mass is 244 g/mol. The summed E-state index contributed by atoms with van der Waals surface area (Å²) in [7, 11) is -2.99. The number of hydrogen-bond donors (Lipinski definition) is 2. The fourth-order valence-corrected chi connectivity index (χ4v) is 3.01. The Kier molecular flexibility index (Phi) is 4.33. The van der Waals surface area contributed by atoms with Crippen LogP contribution in [0.15, 0.2) is 0 Å². The van der Waals surface area contributed by atoms with Gasteiger partial charge in [0.05, 0.1) is 17.5 Å². The smallest absolute Gasteiger partial charge is 0.222 e. The Morgan fingerprint density at radius 2 is 2.38 bits per heavy atom. The highest BCUT2D eigenvalue weighted by Gasteiger charge is 2.26. The molecule has 6 heteroatoms. The largest absolute Gasteiger partial charge is 0.343 e. The van der Waals surface area contributed by atoms with Gasteiger partial charge in [-0.15, -0.1) is 6.42 Å². The average molecular weight is 244 g/mol. The molecule has 1 saturated heterocycles. The molecule has 16 heavy (non-hydrogen) atoms. The standard InChI is InChI=1S/C10H16N2O3S/c1-3-8(2)12-10(13)6-9-7-16(14,15)5-4-11-9/h1,8-9,11H,4-7H2,2H3,(H,12,13). The molecule has 0 saturated carbocycles. The van der Waals surface area contributed by atoms with Crippen molar-refractivity contribution in [3.63, 3.8) is 0 Å². The molecular formula is C10H16N2O3S. The lowest BCUT2D eigenvalue weighted by Gasteiger charge is -2.23. The van der Waals surface area contributed by atoms with Crippen molar-refractivity contribution in [2.45, 2.75) is 25.4 Å². The van der Waals surface area contributed by atoms with Gasteiger partial charge in [0.1, 0.15) is 0 Å². The van der Waals surface area contributed by atoms with Crippen LogP contribution in [-0.2, 0) is 14.6 Å². The van der Waals surface area contributed by atoms with Crippen LogP contribution in [0.2, 0.25) is 0 Å². The topological polar surface area (TPSA) is 75.3 Å². The number of amides is 1. The maximum absolute atomic E-state index is 11.5. The SMILES string of the molecule is C#CC(C)NC(=O)CC1CS(=O)(=O)CCN1. The third kappa shape index (κ3) is 4.21. The second-order valence-electron chi connectivity index (χ2n) is 3.93. The molecule has 1 rings (SSSR count). The van der Waals surface area contributed by atoms with Crippen LogP contribution in [0.1, 0.15) is 13.3 Å². The Balaban J connectivity index is 2.43. The number of nitrogens with one attached hydrogen (secondary N) is 2. The average Bonchev–Trinajstić information content (AvgIpc) is 2.15. The predicted molar refractivity (Wildman–Crippen MR) is 61.5 cm³/mol. The van der Waals surface area contributed by atoms with Gasteiger partial charge < -0.3 is 10.6 Å². The lowest BCUT2D eigenvalue weighted by Crippen LogP contribution is -2.47. The minimum atomic E-state index is -2.99. The Bertz CT molecular complexity index is 397. The van der Waals surface area contributed by atoms with Gasteiger partial charge in [0.25, 0.3) is 0 Å². The zero-order valence-corrected chi connectivity index (χ0v) is 10.0. The molecule has 0 aromatic heterocycles. The third-order valence-corrected chi connectivity index (χ3v) is 4.10. The predicted octanol–water partition coefficient (Wildman–Crippen LogP) is -1.10. The normalized spacial score (nSPS) is 25.4. The highest BCUT2D eigenvalue weighted by Crippen LogP contribution is 2.04. The molecule has 1 amide bonds. The molecule has 5 nitrogen and oxygen atoms in total. The molecule has 0 radical (unpaired) electrons. The second-order valence-corrected chi connectivity index (χ2v) is 6.15. The number of carbonyl (C=O) groups excluding carboxylic acids is 1. The maximum atomic E-state index is 11.5. The highest BCUT2D eigenvalue weighted by molar-refractivity contribution is 7.91. The number of hydrogen-bond acceptors (Lipinski definition) is 4. The van der Waals surface area contributed by atoms with Crippen molar-refractivity contribution in [3.05, 3.63) is 0 Å². The lowest BCUT2D eigenvalue weighted by atomic mass is 10.2. The molecule has 2 unspecified atom stereocenters. The molecule has 0 bridgehead atoms. The van der Waals surface area contributed by atoms with E-state index in [9.17, 15) is 13.2 Å². The van der Waals surface area contributed by atoms with E-state index in [2.05, 4.69) is 16.6 Å². The van der Waals surface area contributed by atoms with Gasteiger partial charge in [0, 0.05) is 19.0 Å². The second kappa shape index (κ2) is 5.32. The zero-order valence-electron chi connectivity index (χ0n) is 9.19. The van der Waals surface area contributed by atoms with E-state index in [1.165, 1.54) is 0 Å². The summed E-state index contributed by atoms with van der Waals surface area (Å²) in [6.45, 7) is 2.11. The summed E-state index contributed by atoms with van der Waals surface area (Å²) in [6, 6.07) is -0.628. The Labute approximate surface area is 95.9 Å². The molecule has 0 aliphatic carbocycles. The molecule has 1 heterocycles. The Morgan fingerprint density at radius 1 is 1.69 bits per heavy atom. The van der Waals surface area contributed by atoms with Gasteiger partial charge in [-0.25, -0.2) is 8.42 Å². The first kappa shape index (κ1) is 13.0. The van der Waals surface area contributed by atoms with Crippen LogP contribution < -0.4 is 10.6 Å². The minimum Gasteiger partial charge on any atom is -0.343 e. The van der Waals surface area contributed by atoms with Gasteiger partial charge in [-0.1, -0.05) is 5.92 Å². The molecule has 1 aliphatic heterocycles.